The molecule has 0 amide bonds. The molecule has 3 aromatic rings. The van der Waals surface area contributed by atoms with Gasteiger partial charge in [-0.2, -0.15) is 0 Å². The minimum atomic E-state index is -4.80. The van der Waals surface area contributed by atoms with Crippen LogP contribution >= 0.6 is 0 Å². The van der Waals surface area contributed by atoms with Gasteiger partial charge < -0.3 is 20.5 Å². The predicted octanol–water partition coefficient (Wildman–Crippen LogP) is 3.55. The van der Waals surface area contributed by atoms with Gasteiger partial charge in [0.05, 0.1) is 0 Å². The zero-order valence-electron chi connectivity index (χ0n) is 14.6. The van der Waals surface area contributed by atoms with Gasteiger partial charge in [0.15, 0.2) is 0 Å². The molecule has 0 aliphatic carbocycles. The smallest absolute Gasteiger partial charge is 0.508 e. The number of ether oxygens (including phenoxy) is 1. The highest BCUT2D eigenvalue weighted by atomic mass is 19.4. The van der Waals surface area contributed by atoms with Gasteiger partial charge in [-0.1, -0.05) is 12.1 Å². The van der Waals surface area contributed by atoms with Crippen LogP contribution in [0.2, 0.25) is 0 Å². The van der Waals surface area contributed by atoms with Crippen LogP contribution in [0.25, 0.3) is 0 Å². The van der Waals surface area contributed by atoms with Crippen molar-refractivity contribution in [2.24, 2.45) is 0 Å². The number of rotatable bonds is 6. The van der Waals surface area contributed by atoms with Crippen LogP contribution in [-0.2, 0) is 6.54 Å². The maximum Gasteiger partial charge on any atom is 0.573 e. The van der Waals surface area contributed by atoms with Crippen molar-refractivity contribution in [3.63, 3.8) is 0 Å². The summed E-state index contributed by atoms with van der Waals surface area (Å²) in [6, 6.07) is 9.88. The Morgan fingerprint density at radius 3 is 2.43 bits per heavy atom. The normalized spacial score (nSPS) is 11.4. The number of anilines is 3. The summed E-state index contributed by atoms with van der Waals surface area (Å²) in [7, 11) is 0. The highest BCUT2D eigenvalue weighted by Crippen LogP contribution is 2.26. The lowest BCUT2D eigenvalue weighted by molar-refractivity contribution is -0.274. The van der Waals surface area contributed by atoms with E-state index in [1.165, 1.54) is 18.2 Å². The van der Waals surface area contributed by atoms with Gasteiger partial charge in [0, 0.05) is 12.2 Å². The predicted molar refractivity (Wildman–Crippen MR) is 97.9 cm³/mol. The molecule has 0 saturated heterocycles. The summed E-state index contributed by atoms with van der Waals surface area (Å²) < 4.78 is 40.8. The molecule has 0 spiro atoms. The standard InChI is InChI=1S/C19H15F3N2O4/c1-10-7-12(5-6-14(10)25)24-16-15(17(26)18(16)27)23-9-11-3-2-4-13(8-11)28-19(20,21)22/h2-8,23-25H,9H2,1H3. The van der Waals surface area contributed by atoms with E-state index in [9.17, 15) is 27.9 Å². The molecular weight excluding hydrogens is 377 g/mol. The molecule has 0 atom stereocenters. The molecule has 0 heterocycles. The van der Waals surface area contributed by atoms with Crippen molar-refractivity contribution in [1.29, 1.82) is 0 Å². The molecule has 0 aromatic heterocycles. The van der Waals surface area contributed by atoms with Crippen LogP contribution in [0.15, 0.2) is 52.1 Å². The van der Waals surface area contributed by atoms with E-state index in [-0.39, 0.29) is 29.4 Å². The average Bonchev–Trinajstić information content (AvgIpc) is 2.62. The van der Waals surface area contributed by atoms with E-state index in [4.69, 9.17) is 0 Å². The molecule has 0 fully saturated rings. The molecule has 3 N–H and O–H groups in total. The fraction of sp³-hybridized carbons (Fsp3) is 0.158. The topological polar surface area (TPSA) is 87.7 Å². The zero-order valence-corrected chi connectivity index (χ0v) is 14.6. The van der Waals surface area contributed by atoms with E-state index in [0.29, 0.717) is 16.8 Å². The van der Waals surface area contributed by atoms with Crippen LogP contribution in [0, 0.1) is 6.92 Å². The van der Waals surface area contributed by atoms with Gasteiger partial charge in [0.2, 0.25) is 0 Å². The van der Waals surface area contributed by atoms with Crippen LogP contribution in [-0.4, -0.2) is 11.5 Å². The highest BCUT2D eigenvalue weighted by Gasteiger charge is 2.31. The first kappa shape index (κ1) is 19.3. The van der Waals surface area contributed by atoms with E-state index in [2.05, 4.69) is 15.4 Å². The van der Waals surface area contributed by atoms with Crippen molar-refractivity contribution in [3.05, 3.63) is 74.0 Å². The van der Waals surface area contributed by atoms with Crippen LogP contribution in [0.3, 0.4) is 0 Å². The lowest BCUT2D eigenvalue weighted by Gasteiger charge is -2.16. The van der Waals surface area contributed by atoms with Gasteiger partial charge in [0.25, 0.3) is 10.9 Å². The van der Waals surface area contributed by atoms with Crippen molar-refractivity contribution in [2.45, 2.75) is 19.8 Å². The minimum Gasteiger partial charge on any atom is -0.508 e. The lowest BCUT2D eigenvalue weighted by Crippen LogP contribution is -2.36. The van der Waals surface area contributed by atoms with Crippen LogP contribution in [0.5, 0.6) is 11.5 Å². The third kappa shape index (κ3) is 4.25. The summed E-state index contributed by atoms with van der Waals surface area (Å²) in [6.07, 6.45) is -4.80. The van der Waals surface area contributed by atoms with Crippen molar-refractivity contribution < 1.29 is 23.0 Å². The molecule has 0 aliphatic rings. The average molecular weight is 392 g/mol. The Balaban J connectivity index is 1.73. The van der Waals surface area contributed by atoms with Crippen LogP contribution in [0.1, 0.15) is 11.1 Å². The monoisotopic (exact) mass is 392 g/mol. The summed E-state index contributed by atoms with van der Waals surface area (Å²) in [4.78, 5) is 23.7. The quantitative estimate of drug-likeness (QED) is 0.439. The SMILES string of the molecule is Cc1cc(Nc2c(NCc3cccc(OC(F)(F)F)c3)c(=O)c2=O)ccc1O. The van der Waals surface area contributed by atoms with Gasteiger partial charge in [-0.25, -0.2) is 0 Å². The number of aryl methyl sites for hydroxylation is 1. The van der Waals surface area contributed by atoms with Crippen molar-refractivity contribution >= 4 is 17.1 Å². The van der Waals surface area contributed by atoms with Crippen LogP contribution < -0.4 is 26.2 Å². The van der Waals surface area contributed by atoms with Gasteiger partial charge in [0.1, 0.15) is 22.9 Å². The third-order valence-corrected chi connectivity index (χ3v) is 3.98. The number of aromatic hydroxyl groups is 1. The molecule has 9 heteroatoms. The van der Waals surface area contributed by atoms with E-state index < -0.39 is 17.2 Å². The summed E-state index contributed by atoms with van der Waals surface area (Å²) in [5.74, 6) is -0.287. The number of hydrogen-bond donors (Lipinski definition) is 3. The zero-order chi connectivity index (χ0) is 20.5. The second kappa shape index (κ2) is 7.26. The molecule has 0 bridgehead atoms. The third-order valence-electron chi connectivity index (χ3n) is 3.98. The first-order chi connectivity index (χ1) is 13.1. The van der Waals surface area contributed by atoms with Crippen LogP contribution in [0.4, 0.5) is 30.2 Å². The van der Waals surface area contributed by atoms with Gasteiger partial charge in [-0.3, -0.25) is 9.59 Å². The Morgan fingerprint density at radius 1 is 1.04 bits per heavy atom. The van der Waals surface area contributed by atoms with Crippen molar-refractivity contribution in [3.8, 4) is 11.5 Å². The Bertz CT molecular complexity index is 1090. The lowest BCUT2D eigenvalue weighted by atomic mass is 10.1. The molecule has 28 heavy (non-hydrogen) atoms. The first-order valence-electron chi connectivity index (χ1n) is 8.12. The Kier molecular flexibility index (Phi) is 5.00. The number of halogens is 3. The molecule has 0 unspecified atom stereocenters. The van der Waals surface area contributed by atoms with E-state index in [1.807, 2.05) is 0 Å². The number of benzene rings is 2. The molecule has 0 saturated carbocycles. The van der Waals surface area contributed by atoms with E-state index in [1.54, 1.807) is 25.1 Å². The molecule has 0 aliphatic heterocycles. The Labute approximate surface area is 156 Å². The number of nitrogens with one attached hydrogen (secondary N) is 2. The van der Waals surface area contributed by atoms with Gasteiger partial charge >= 0.3 is 6.36 Å². The number of phenolic OH excluding ortho intramolecular Hbond substituents is 1. The number of phenols is 1. The van der Waals surface area contributed by atoms with Gasteiger partial charge in [-0.15, -0.1) is 13.2 Å². The fourth-order valence-electron chi connectivity index (χ4n) is 2.60. The molecule has 146 valence electrons. The molecule has 3 aromatic carbocycles. The second-order valence-corrected chi connectivity index (χ2v) is 6.08. The van der Waals surface area contributed by atoms with Crippen molar-refractivity contribution in [1.82, 2.24) is 0 Å². The summed E-state index contributed by atoms with van der Waals surface area (Å²) in [5, 5.41) is 15.1. The minimum absolute atomic E-state index is 0.0171. The molecular formula is C19H15F3N2O4. The number of alkyl halides is 3. The van der Waals surface area contributed by atoms with Crippen molar-refractivity contribution in [2.75, 3.05) is 10.6 Å². The highest BCUT2D eigenvalue weighted by molar-refractivity contribution is 5.79. The first-order valence-corrected chi connectivity index (χ1v) is 8.12. The fourth-order valence-corrected chi connectivity index (χ4v) is 2.60. The maximum atomic E-state index is 12.3. The van der Waals surface area contributed by atoms with Gasteiger partial charge in [-0.05, 0) is 48.4 Å². The molecule has 6 nitrogen and oxygen atoms in total. The second-order valence-electron chi connectivity index (χ2n) is 6.08. The summed E-state index contributed by atoms with van der Waals surface area (Å²) in [6.45, 7) is 1.70. The Hall–Kier alpha value is -3.49. The summed E-state index contributed by atoms with van der Waals surface area (Å²) >= 11 is 0. The molecule has 0 radical (unpaired) electrons. The van der Waals surface area contributed by atoms with E-state index in [0.717, 1.165) is 6.07 Å². The maximum absolute atomic E-state index is 12.3. The number of hydrogen-bond acceptors (Lipinski definition) is 6. The summed E-state index contributed by atoms with van der Waals surface area (Å²) in [5.41, 5.74) is 0.186. The Morgan fingerprint density at radius 2 is 1.75 bits per heavy atom. The largest absolute Gasteiger partial charge is 0.573 e. The molecule has 3 rings (SSSR count). The van der Waals surface area contributed by atoms with E-state index >= 15 is 0 Å².